The first-order valence-corrected chi connectivity index (χ1v) is 6.47. The number of aliphatic hydroxyl groups is 3. The van der Waals surface area contributed by atoms with Crippen LogP contribution in [-0.2, 0) is 4.74 Å². The van der Waals surface area contributed by atoms with Crippen molar-refractivity contribution >= 4 is 18.4 Å². The minimum absolute atomic E-state index is 0.265. The van der Waals surface area contributed by atoms with Crippen LogP contribution in [0.15, 0.2) is 15.0 Å². The number of ether oxygens (including phenoxy) is 1. The zero-order chi connectivity index (χ0) is 15.4. The van der Waals surface area contributed by atoms with Crippen molar-refractivity contribution < 1.29 is 20.1 Å². The first-order chi connectivity index (χ1) is 9.79. The number of fused-ring (bicyclic) bond motifs is 1. The maximum atomic E-state index is 10.5. The van der Waals surface area contributed by atoms with Crippen LogP contribution in [0, 0.1) is 0 Å². The Balaban J connectivity index is 1.94. The van der Waals surface area contributed by atoms with E-state index in [1.807, 2.05) is 0 Å². The second kappa shape index (κ2) is 4.53. The van der Waals surface area contributed by atoms with Crippen molar-refractivity contribution in [1.82, 2.24) is 4.90 Å². The van der Waals surface area contributed by atoms with Crippen molar-refractivity contribution in [1.29, 1.82) is 0 Å². The Morgan fingerprint density at radius 1 is 1.52 bits per heavy atom. The maximum absolute atomic E-state index is 10.5. The molecule has 116 valence electrons. The van der Waals surface area contributed by atoms with Crippen LogP contribution in [0.5, 0.6) is 0 Å². The lowest BCUT2D eigenvalue weighted by Gasteiger charge is -2.35. The molecule has 6 atom stereocenters. The zero-order valence-electron chi connectivity index (χ0n) is 11.4. The molecule has 0 saturated carbocycles. The van der Waals surface area contributed by atoms with E-state index >= 15 is 0 Å². The molecule has 3 rings (SSSR count). The Bertz CT molecular complexity index is 535. The van der Waals surface area contributed by atoms with Gasteiger partial charge in [-0.05, 0) is 6.92 Å². The van der Waals surface area contributed by atoms with E-state index in [9.17, 15) is 15.3 Å². The Hall–Kier alpha value is -1.43. The average Bonchev–Trinajstić information content (AvgIpc) is 2.87. The lowest BCUT2D eigenvalue weighted by atomic mass is 9.95. The minimum Gasteiger partial charge on any atom is -0.394 e. The van der Waals surface area contributed by atoms with Gasteiger partial charge < -0.3 is 20.1 Å². The molecular weight excluding hydrogens is 280 g/mol. The summed E-state index contributed by atoms with van der Waals surface area (Å²) in [6, 6.07) is 0. The van der Waals surface area contributed by atoms with Gasteiger partial charge in [-0.3, -0.25) is 21.4 Å². The third-order valence-electron chi connectivity index (χ3n) is 3.86. The van der Waals surface area contributed by atoms with Crippen LogP contribution >= 0.6 is 0 Å². The van der Waals surface area contributed by atoms with Gasteiger partial charge in [0.05, 0.1) is 19.2 Å². The summed E-state index contributed by atoms with van der Waals surface area (Å²) >= 11 is 0. The highest BCUT2D eigenvalue weighted by Gasteiger charge is 2.57. The number of aliphatic hydroxyl groups excluding tert-OH is 2. The first kappa shape index (κ1) is 14.5. The number of aliphatic imine (C=N–C) groups is 3. The molecule has 0 aromatic rings. The van der Waals surface area contributed by atoms with E-state index in [2.05, 4.69) is 15.0 Å². The molecule has 0 spiro atoms. The van der Waals surface area contributed by atoms with Gasteiger partial charge in [0.1, 0.15) is 17.8 Å². The molecule has 0 bridgehead atoms. The van der Waals surface area contributed by atoms with Gasteiger partial charge in [-0.1, -0.05) is 0 Å². The normalized spacial score (nSPS) is 48.7. The Labute approximate surface area is 120 Å². The van der Waals surface area contributed by atoms with Crippen molar-refractivity contribution in [3.8, 4) is 0 Å². The molecule has 0 aromatic carbocycles. The quantitative estimate of drug-likeness (QED) is 0.354. The number of rotatable bonds is 2. The van der Waals surface area contributed by atoms with E-state index in [1.165, 1.54) is 24.4 Å². The van der Waals surface area contributed by atoms with Crippen molar-refractivity contribution in [3.05, 3.63) is 0 Å². The number of amidine groups is 1. The maximum Gasteiger partial charge on any atom is 0.203 e. The number of hydrogen-bond donors (Lipinski definition) is 5. The second-order valence-corrected chi connectivity index (χ2v) is 5.50. The summed E-state index contributed by atoms with van der Waals surface area (Å²) in [5.74, 6) is 0.265. The van der Waals surface area contributed by atoms with Crippen LogP contribution in [-0.4, -0.2) is 81.2 Å². The van der Waals surface area contributed by atoms with E-state index in [-0.39, 0.29) is 5.84 Å². The lowest BCUT2D eigenvalue weighted by Crippen LogP contribution is -2.59. The lowest BCUT2D eigenvalue weighted by molar-refractivity contribution is -0.0938. The summed E-state index contributed by atoms with van der Waals surface area (Å²) in [7, 11) is 0. The van der Waals surface area contributed by atoms with Crippen molar-refractivity contribution in [2.45, 2.75) is 42.9 Å². The first-order valence-electron chi connectivity index (χ1n) is 6.47. The van der Waals surface area contributed by atoms with Crippen LogP contribution in [0.25, 0.3) is 0 Å². The minimum atomic E-state index is -1.65. The predicted molar refractivity (Wildman–Crippen MR) is 73.5 cm³/mol. The monoisotopic (exact) mass is 298 g/mol. The summed E-state index contributed by atoms with van der Waals surface area (Å²) in [5.41, 5.74) is 8.78. The zero-order valence-corrected chi connectivity index (χ0v) is 11.4. The molecule has 2 unspecified atom stereocenters. The summed E-state index contributed by atoms with van der Waals surface area (Å²) in [4.78, 5) is 13.5. The van der Waals surface area contributed by atoms with Gasteiger partial charge >= 0.3 is 0 Å². The fourth-order valence-corrected chi connectivity index (χ4v) is 2.65. The van der Waals surface area contributed by atoms with Gasteiger partial charge in [0.25, 0.3) is 0 Å². The van der Waals surface area contributed by atoms with Gasteiger partial charge in [0.2, 0.25) is 5.66 Å². The molecule has 3 heterocycles. The summed E-state index contributed by atoms with van der Waals surface area (Å²) < 4.78 is 5.51. The van der Waals surface area contributed by atoms with Gasteiger partial charge in [-0.15, -0.1) is 0 Å². The standard InChI is InChI=1S/C11H18N6O4/c1-10(20)6(19)5(2-18)21-8(10)17-4-15-11(13)3-14-9(12)16-7(11)17/h3-6,8-9,18-20H,2,12-13H2,1H3/t5-,6-,8-,9?,10-,11?/m1/s1. The van der Waals surface area contributed by atoms with Gasteiger partial charge in [-0.2, -0.15) is 0 Å². The Morgan fingerprint density at radius 2 is 2.24 bits per heavy atom. The molecule has 0 amide bonds. The van der Waals surface area contributed by atoms with Crippen molar-refractivity contribution in [2.75, 3.05) is 6.61 Å². The van der Waals surface area contributed by atoms with E-state index < -0.39 is 42.6 Å². The molecule has 10 nitrogen and oxygen atoms in total. The molecule has 1 fully saturated rings. The molecule has 0 radical (unpaired) electrons. The molecule has 7 N–H and O–H groups in total. The highest BCUT2D eigenvalue weighted by Crippen LogP contribution is 2.35. The Kier molecular flexibility index (Phi) is 3.13. The van der Waals surface area contributed by atoms with E-state index in [0.29, 0.717) is 0 Å². The largest absolute Gasteiger partial charge is 0.394 e. The molecule has 3 aliphatic rings. The van der Waals surface area contributed by atoms with Crippen LogP contribution < -0.4 is 11.5 Å². The van der Waals surface area contributed by atoms with E-state index in [4.69, 9.17) is 16.2 Å². The smallest absolute Gasteiger partial charge is 0.203 e. The number of nitrogens with two attached hydrogens (primary N) is 2. The molecule has 3 aliphatic heterocycles. The van der Waals surface area contributed by atoms with E-state index in [0.717, 1.165) is 0 Å². The third kappa shape index (κ3) is 1.99. The van der Waals surface area contributed by atoms with Crippen molar-refractivity contribution in [2.24, 2.45) is 26.4 Å². The van der Waals surface area contributed by atoms with Crippen LogP contribution in [0.1, 0.15) is 6.92 Å². The molecular formula is C11H18N6O4. The predicted octanol–water partition coefficient (Wildman–Crippen LogP) is -3.46. The molecule has 0 aliphatic carbocycles. The van der Waals surface area contributed by atoms with E-state index in [1.54, 1.807) is 0 Å². The number of nitrogens with zero attached hydrogens (tertiary/aromatic N) is 4. The third-order valence-corrected chi connectivity index (χ3v) is 3.86. The topological polar surface area (TPSA) is 162 Å². The van der Waals surface area contributed by atoms with Crippen LogP contribution in [0.2, 0.25) is 0 Å². The van der Waals surface area contributed by atoms with Crippen LogP contribution in [0.4, 0.5) is 0 Å². The molecule has 1 saturated heterocycles. The van der Waals surface area contributed by atoms with Crippen molar-refractivity contribution in [3.63, 3.8) is 0 Å². The van der Waals surface area contributed by atoms with Gasteiger partial charge in [0, 0.05) is 0 Å². The fraction of sp³-hybridized carbons (Fsp3) is 0.727. The summed E-state index contributed by atoms with van der Waals surface area (Å²) in [5, 5.41) is 29.7. The molecule has 0 aromatic heterocycles. The highest BCUT2D eigenvalue weighted by atomic mass is 16.6. The molecule has 10 heteroatoms. The molecule has 21 heavy (non-hydrogen) atoms. The van der Waals surface area contributed by atoms with Crippen LogP contribution in [0.3, 0.4) is 0 Å². The average molecular weight is 298 g/mol. The summed E-state index contributed by atoms with van der Waals surface area (Å²) in [6.45, 7) is 0.972. The summed E-state index contributed by atoms with van der Waals surface area (Å²) in [6.07, 6.45) is -1.27. The Morgan fingerprint density at radius 3 is 2.86 bits per heavy atom. The second-order valence-electron chi connectivity index (χ2n) is 5.50. The SMILES string of the molecule is C[C@@]1(O)[C@H](O)[C@@H](CO)O[C@H]1N1C=NC2(N)C=NC(N)N=C12. The van der Waals surface area contributed by atoms with Gasteiger partial charge in [0.15, 0.2) is 18.4 Å². The van der Waals surface area contributed by atoms with Gasteiger partial charge in [-0.25, -0.2) is 9.98 Å². The highest BCUT2D eigenvalue weighted by molar-refractivity contribution is 6.14. The fourth-order valence-electron chi connectivity index (χ4n) is 2.65. The number of hydrogen-bond acceptors (Lipinski definition) is 10.